The molecule has 0 spiro atoms. The van der Waals surface area contributed by atoms with Gasteiger partial charge in [0.1, 0.15) is 18.4 Å². The minimum atomic E-state index is -0.415. The van der Waals surface area contributed by atoms with Crippen molar-refractivity contribution in [3.05, 3.63) is 46.7 Å². The Kier molecular flexibility index (Phi) is 4.38. The Labute approximate surface area is 141 Å². The van der Waals surface area contributed by atoms with E-state index in [1.165, 1.54) is 6.26 Å². The third-order valence-corrected chi connectivity index (χ3v) is 3.85. The van der Waals surface area contributed by atoms with Gasteiger partial charge in [0.25, 0.3) is 0 Å². The monoisotopic (exact) mass is 378 g/mol. The molecule has 0 aliphatic heterocycles. The number of hydrogen-bond donors (Lipinski definition) is 0. The van der Waals surface area contributed by atoms with E-state index < -0.39 is 5.97 Å². The van der Waals surface area contributed by atoms with Crippen LogP contribution in [0.15, 0.2) is 39.8 Å². The normalized spacial score (nSPS) is 10.9. The molecule has 6 nitrogen and oxygen atoms in total. The average Bonchev–Trinajstić information content (AvgIpc) is 3.11. The summed E-state index contributed by atoms with van der Waals surface area (Å²) in [5, 5.41) is 0.651. The maximum Gasteiger partial charge on any atom is 0.342 e. The lowest BCUT2D eigenvalue weighted by molar-refractivity contribution is 0.0527. The number of hydrogen-bond acceptors (Lipinski definition) is 5. The Morgan fingerprint density at radius 2 is 2.26 bits per heavy atom. The molecule has 0 aliphatic rings. The zero-order valence-corrected chi connectivity index (χ0v) is 14.3. The highest BCUT2D eigenvalue weighted by Crippen LogP contribution is 2.34. The van der Waals surface area contributed by atoms with Crippen molar-refractivity contribution in [1.82, 2.24) is 9.55 Å². The number of rotatable bonds is 5. The van der Waals surface area contributed by atoms with E-state index in [1.807, 2.05) is 17.7 Å². The van der Waals surface area contributed by atoms with Gasteiger partial charge in [0.15, 0.2) is 11.3 Å². The van der Waals surface area contributed by atoms with Crippen LogP contribution in [-0.4, -0.2) is 22.1 Å². The first-order chi connectivity index (χ1) is 11.1. The summed E-state index contributed by atoms with van der Waals surface area (Å²) >= 11 is 3.43. The van der Waals surface area contributed by atoms with E-state index in [0.717, 1.165) is 10.2 Å². The second-order valence-electron chi connectivity index (χ2n) is 4.94. The van der Waals surface area contributed by atoms with E-state index in [2.05, 4.69) is 20.9 Å². The van der Waals surface area contributed by atoms with Crippen molar-refractivity contribution in [2.45, 2.75) is 13.5 Å². The number of fused-ring (bicyclic) bond motifs is 1. The number of carbonyl (C=O) groups excluding carboxylic acids is 1. The first kappa shape index (κ1) is 15.6. The third-order valence-electron chi connectivity index (χ3n) is 3.39. The molecule has 3 aromatic rings. The van der Waals surface area contributed by atoms with Gasteiger partial charge >= 0.3 is 5.97 Å². The summed E-state index contributed by atoms with van der Waals surface area (Å²) < 4.78 is 19.1. The van der Waals surface area contributed by atoms with Crippen LogP contribution in [-0.2, 0) is 18.4 Å². The van der Waals surface area contributed by atoms with Crippen molar-refractivity contribution in [3.8, 4) is 5.75 Å². The van der Waals surface area contributed by atoms with E-state index in [4.69, 9.17) is 13.9 Å². The van der Waals surface area contributed by atoms with Crippen molar-refractivity contribution in [3.63, 3.8) is 0 Å². The molecule has 0 saturated heterocycles. The van der Waals surface area contributed by atoms with Gasteiger partial charge < -0.3 is 18.5 Å². The zero-order valence-electron chi connectivity index (χ0n) is 12.7. The Hall–Kier alpha value is -2.28. The summed E-state index contributed by atoms with van der Waals surface area (Å²) in [5.74, 6) is 0.132. The molecular weight excluding hydrogens is 364 g/mol. The Morgan fingerprint density at radius 3 is 2.96 bits per heavy atom. The molecule has 0 fully saturated rings. The summed E-state index contributed by atoms with van der Waals surface area (Å²) in [6, 6.07) is 3.61. The number of nitrogens with zero attached hydrogens (tertiary/aromatic N) is 2. The van der Waals surface area contributed by atoms with Crippen LogP contribution in [0.25, 0.3) is 11.0 Å². The second kappa shape index (κ2) is 6.45. The number of aryl methyl sites for hydroxylation is 1. The van der Waals surface area contributed by atoms with Gasteiger partial charge in [-0.25, -0.2) is 9.78 Å². The molecule has 23 heavy (non-hydrogen) atoms. The van der Waals surface area contributed by atoms with E-state index in [-0.39, 0.29) is 0 Å². The van der Waals surface area contributed by atoms with Gasteiger partial charge in [0.05, 0.1) is 24.8 Å². The van der Waals surface area contributed by atoms with E-state index in [1.54, 1.807) is 25.5 Å². The largest absolute Gasteiger partial charge is 0.483 e. The molecule has 0 atom stereocenters. The van der Waals surface area contributed by atoms with Gasteiger partial charge in [-0.05, 0) is 19.1 Å². The molecule has 2 heterocycles. The first-order valence-electron chi connectivity index (χ1n) is 7.06. The Bertz CT molecular complexity index is 853. The molecular formula is C16H15BrN2O4. The lowest BCUT2D eigenvalue weighted by Crippen LogP contribution is -2.03. The highest BCUT2D eigenvalue weighted by Gasteiger charge is 2.19. The van der Waals surface area contributed by atoms with Crippen LogP contribution in [0.3, 0.4) is 0 Å². The van der Waals surface area contributed by atoms with Crippen molar-refractivity contribution >= 4 is 32.9 Å². The van der Waals surface area contributed by atoms with Crippen LogP contribution >= 0.6 is 15.9 Å². The predicted molar refractivity (Wildman–Crippen MR) is 87.4 cm³/mol. The molecule has 0 N–H and O–H groups in total. The Morgan fingerprint density at radius 1 is 1.43 bits per heavy atom. The number of imidazole rings is 1. The van der Waals surface area contributed by atoms with Gasteiger partial charge in [0, 0.05) is 16.9 Å². The van der Waals surface area contributed by atoms with Crippen molar-refractivity contribution in [2.75, 3.05) is 6.61 Å². The second-order valence-corrected chi connectivity index (χ2v) is 5.85. The first-order valence-corrected chi connectivity index (χ1v) is 7.85. The summed E-state index contributed by atoms with van der Waals surface area (Å²) in [6.45, 7) is 2.42. The van der Waals surface area contributed by atoms with Crippen LogP contribution < -0.4 is 4.74 Å². The van der Waals surface area contributed by atoms with Gasteiger partial charge in [-0.2, -0.15) is 0 Å². The predicted octanol–water partition coefficient (Wildman–Crippen LogP) is 3.68. The van der Waals surface area contributed by atoms with E-state index in [0.29, 0.717) is 35.5 Å². The molecule has 1 aromatic carbocycles. The van der Waals surface area contributed by atoms with Crippen molar-refractivity contribution < 1.29 is 18.7 Å². The van der Waals surface area contributed by atoms with Crippen molar-refractivity contribution in [2.24, 2.45) is 7.05 Å². The topological polar surface area (TPSA) is 66.5 Å². The molecule has 0 unspecified atom stereocenters. The highest BCUT2D eigenvalue weighted by molar-refractivity contribution is 9.10. The molecule has 2 aromatic heterocycles. The minimum Gasteiger partial charge on any atom is -0.483 e. The maximum atomic E-state index is 12.0. The van der Waals surface area contributed by atoms with Gasteiger partial charge in [-0.15, -0.1) is 0 Å². The fourth-order valence-electron chi connectivity index (χ4n) is 2.22. The molecule has 0 amide bonds. The molecule has 0 aliphatic carbocycles. The van der Waals surface area contributed by atoms with Crippen LogP contribution in [0.1, 0.15) is 23.0 Å². The number of aromatic nitrogens is 2. The Balaban J connectivity index is 1.94. The third kappa shape index (κ3) is 3.10. The molecule has 120 valence electrons. The van der Waals surface area contributed by atoms with Crippen molar-refractivity contribution in [1.29, 1.82) is 0 Å². The summed E-state index contributed by atoms with van der Waals surface area (Å²) in [5.41, 5.74) is 1.82. The molecule has 0 saturated carbocycles. The molecule has 7 heteroatoms. The zero-order chi connectivity index (χ0) is 16.4. The standard InChI is InChI=1S/C16H15BrN2O4/c1-3-21-16(20)13-8-23-15-12(13)4-10(17)5-14(15)22-7-11-6-18-9-19(11)2/h4-6,8-9H,3,7H2,1-2H3. The molecule has 0 bridgehead atoms. The van der Waals surface area contributed by atoms with Crippen LogP contribution in [0.5, 0.6) is 5.75 Å². The SMILES string of the molecule is CCOC(=O)c1coc2c(OCc3cncn3C)cc(Br)cc12. The number of halogens is 1. The van der Waals surface area contributed by atoms with Crippen LogP contribution in [0.4, 0.5) is 0 Å². The lowest BCUT2D eigenvalue weighted by atomic mass is 10.1. The highest BCUT2D eigenvalue weighted by atomic mass is 79.9. The van der Waals surface area contributed by atoms with Gasteiger partial charge in [-0.1, -0.05) is 15.9 Å². The van der Waals surface area contributed by atoms with Crippen LogP contribution in [0.2, 0.25) is 0 Å². The molecule has 0 radical (unpaired) electrons. The number of esters is 1. The van der Waals surface area contributed by atoms with Gasteiger partial charge in [0.2, 0.25) is 0 Å². The maximum absolute atomic E-state index is 12.0. The summed E-state index contributed by atoms with van der Waals surface area (Å²) in [6.07, 6.45) is 4.84. The van der Waals surface area contributed by atoms with E-state index >= 15 is 0 Å². The number of benzene rings is 1. The molecule has 3 rings (SSSR count). The fraction of sp³-hybridized carbons (Fsp3) is 0.250. The van der Waals surface area contributed by atoms with Gasteiger partial charge in [-0.3, -0.25) is 0 Å². The average molecular weight is 379 g/mol. The number of carbonyl (C=O) groups is 1. The summed E-state index contributed by atoms with van der Waals surface area (Å²) in [4.78, 5) is 16.0. The number of furan rings is 1. The lowest BCUT2D eigenvalue weighted by Gasteiger charge is -2.08. The summed E-state index contributed by atoms with van der Waals surface area (Å²) in [7, 11) is 1.90. The minimum absolute atomic E-state index is 0.309. The van der Waals surface area contributed by atoms with E-state index in [9.17, 15) is 4.79 Å². The quantitative estimate of drug-likeness (QED) is 0.633. The number of ether oxygens (including phenoxy) is 2. The van der Waals surface area contributed by atoms with Crippen LogP contribution in [0, 0.1) is 0 Å². The fourth-order valence-corrected chi connectivity index (χ4v) is 2.66. The smallest absolute Gasteiger partial charge is 0.342 e.